The van der Waals surface area contributed by atoms with E-state index in [1.165, 1.54) is 11.2 Å². The number of hydrogen-bond donors (Lipinski definition) is 1. The van der Waals surface area contributed by atoms with Gasteiger partial charge in [0, 0.05) is 13.2 Å². The minimum absolute atomic E-state index is 0.0877. The van der Waals surface area contributed by atoms with Gasteiger partial charge in [-0.15, -0.1) is 0 Å². The van der Waals surface area contributed by atoms with Crippen LogP contribution in [0, 0.1) is 0 Å². The number of hydrogen-bond acceptors (Lipinski definition) is 4. The number of aliphatic carboxylic acids is 1. The van der Waals surface area contributed by atoms with Crippen molar-refractivity contribution in [3.05, 3.63) is 17.0 Å². The van der Waals surface area contributed by atoms with E-state index >= 15 is 0 Å². The van der Waals surface area contributed by atoms with Crippen LogP contribution in [-0.2, 0) is 4.79 Å². The van der Waals surface area contributed by atoms with Gasteiger partial charge in [-0.25, -0.2) is 9.97 Å². The Labute approximate surface area is 83.5 Å². The maximum Gasteiger partial charge on any atom is 0.323 e. The fourth-order valence-electron chi connectivity index (χ4n) is 0.865. The molecule has 0 spiro atoms. The molecule has 1 aromatic rings. The molecule has 70 valence electrons. The minimum Gasteiger partial charge on any atom is -0.480 e. The predicted octanol–water partition coefficient (Wildman–Crippen LogP) is 0.760. The molecule has 0 radical (unpaired) electrons. The highest BCUT2D eigenvalue weighted by molar-refractivity contribution is 9.10. The van der Waals surface area contributed by atoms with Crippen LogP contribution in [0.3, 0.4) is 0 Å². The highest BCUT2D eigenvalue weighted by Gasteiger charge is 2.09. The average molecular weight is 246 g/mol. The summed E-state index contributed by atoms with van der Waals surface area (Å²) in [5.74, 6) is -0.328. The molecule has 1 heterocycles. The molecule has 0 atom stereocenters. The van der Waals surface area contributed by atoms with E-state index < -0.39 is 5.97 Å². The van der Waals surface area contributed by atoms with Gasteiger partial charge >= 0.3 is 5.97 Å². The van der Waals surface area contributed by atoms with Gasteiger partial charge in [0.05, 0.1) is 4.47 Å². The van der Waals surface area contributed by atoms with Crippen molar-refractivity contribution in [3.8, 4) is 0 Å². The monoisotopic (exact) mass is 245 g/mol. The van der Waals surface area contributed by atoms with Crippen LogP contribution in [0.15, 0.2) is 17.0 Å². The van der Waals surface area contributed by atoms with E-state index in [9.17, 15) is 4.79 Å². The summed E-state index contributed by atoms with van der Waals surface area (Å²) in [4.78, 5) is 19.6. The maximum atomic E-state index is 10.4. The Hall–Kier alpha value is -1.17. The highest BCUT2D eigenvalue weighted by atomic mass is 79.9. The number of carbonyl (C=O) groups is 1. The lowest BCUT2D eigenvalue weighted by molar-refractivity contribution is -0.135. The molecule has 0 aromatic carbocycles. The second-order valence-electron chi connectivity index (χ2n) is 2.44. The molecule has 0 saturated heterocycles. The molecule has 5 nitrogen and oxygen atoms in total. The average Bonchev–Trinajstić information content (AvgIpc) is 2.03. The van der Waals surface area contributed by atoms with Crippen molar-refractivity contribution >= 4 is 27.7 Å². The molecule has 0 bridgehead atoms. The Morgan fingerprint density at radius 1 is 1.77 bits per heavy atom. The lowest BCUT2D eigenvalue weighted by atomic mass is 10.5. The number of carboxylic acid groups (broad SMARTS) is 1. The molecule has 0 fully saturated rings. The third kappa shape index (κ3) is 2.66. The number of carboxylic acids is 1. The van der Waals surface area contributed by atoms with Crippen molar-refractivity contribution in [2.24, 2.45) is 0 Å². The Morgan fingerprint density at radius 3 is 3.00 bits per heavy atom. The van der Waals surface area contributed by atoms with Gasteiger partial charge in [0.15, 0.2) is 0 Å². The van der Waals surface area contributed by atoms with E-state index in [0.717, 1.165) is 0 Å². The van der Waals surface area contributed by atoms with Gasteiger partial charge < -0.3 is 10.0 Å². The van der Waals surface area contributed by atoms with Crippen LogP contribution in [0.1, 0.15) is 0 Å². The van der Waals surface area contributed by atoms with Crippen LogP contribution in [-0.4, -0.2) is 34.6 Å². The van der Waals surface area contributed by atoms with Crippen LogP contribution in [0.4, 0.5) is 5.82 Å². The van der Waals surface area contributed by atoms with Gasteiger partial charge in [0.1, 0.15) is 18.7 Å². The van der Waals surface area contributed by atoms with E-state index in [-0.39, 0.29) is 6.54 Å². The molecule has 0 amide bonds. The quantitative estimate of drug-likeness (QED) is 0.852. The summed E-state index contributed by atoms with van der Waals surface area (Å²) in [6.07, 6.45) is 2.94. The van der Waals surface area contributed by atoms with E-state index in [1.54, 1.807) is 13.2 Å². The van der Waals surface area contributed by atoms with E-state index in [4.69, 9.17) is 5.11 Å². The van der Waals surface area contributed by atoms with Gasteiger partial charge in [-0.1, -0.05) is 0 Å². The van der Waals surface area contributed by atoms with Crippen molar-refractivity contribution in [3.63, 3.8) is 0 Å². The predicted molar refractivity (Wildman–Crippen MR) is 50.6 cm³/mol. The summed E-state index contributed by atoms with van der Waals surface area (Å²) in [6.45, 7) is -0.0877. The summed E-state index contributed by atoms with van der Waals surface area (Å²) in [6, 6.07) is 0. The molecule has 6 heteroatoms. The first kappa shape index (κ1) is 9.91. The summed E-state index contributed by atoms with van der Waals surface area (Å²) in [5.41, 5.74) is 0. The molecule has 0 aliphatic rings. The third-order valence-corrected chi connectivity index (χ3v) is 1.94. The molecule has 0 aliphatic heterocycles. The molecule has 1 rings (SSSR count). The fourth-order valence-corrected chi connectivity index (χ4v) is 1.39. The van der Waals surface area contributed by atoms with Crippen molar-refractivity contribution in [2.75, 3.05) is 18.5 Å². The van der Waals surface area contributed by atoms with Gasteiger partial charge in [0.2, 0.25) is 0 Å². The summed E-state index contributed by atoms with van der Waals surface area (Å²) in [5, 5.41) is 8.54. The smallest absolute Gasteiger partial charge is 0.323 e. The number of anilines is 1. The van der Waals surface area contributed by atoms with Crippen molar-refractivity contribution < 1.29 is 9.90 Å². The SMILES string of the molecule is CN(CC(=O)O)c1ncncc1Br. The topological polar surface area (TPSA) is 66.3 Å². The molecule has 0 saturated carbocycles. The Kier molecular flexibility index (Phi) is 3.18. The fraction of sp³-hybridized carbons (Fsp3) is 0.286. The van der Waals surface area contributed by atoms with Gasteiger partial charge in [0.25, 0.3) is 0 Å². The molecule has 0 unspecified atom stereocenters. The number of rotatable bonds is 3. The van der Waals surface area contributed by atoms with Gasteiger partial charge in [-0.3, -0.25) is 4.79 Å². The van der Waals surface area contributed by atoms with Crippen LogP contribution in [0.5, 0.6) is 0 Å². The number of aromatic nitrogens is 2. The first-order valence-corrected chi connectivity index (χ1v) is 4.29. The first-order valence-electron chi connectivity index (χ1n) is 3.49. The molecule has 0 aliphatic carbocycles. The molecular weight excluding hydrogens is 238 g/mol. The zero-order valence-electron chi connectivity index (χ0n) is 6.94. The van der Waals surface area contributed by atoms with Crippen LogP contribution in [0.25, 0.3) is 0 Å². The molecule has 1 aromatic heterocycles. The van der Waals surface area contributed by atoms with Crippen LogP contribution < -0.4 is 4.90 Å². The number of halogens is 1. The first-order chi connectivity index (χ1) is 6.11. The van der Waals surface area contributed by atoms with Gasteiger partial charge in [-0.05, 0) is 15.9 Å². The Bertz CT molecular complexity index is 318. The zero-order valence-corrected chi connectivity index (χ0v) is 8.52. The van der Waals surface area contributed by atoms with Gasteiger partial charge in [-0.2, -0.15) is 0 Å². The van der Waals surface area contributed by atoms with Crippen molar-refractivity contribution in [1.82, 2.24) is 9.97 Å². The summed E-state index contributed by atoms with van der Waals surface area (Å²) >= 11 is 3.23. The lowest BCUT2D eigenvalue weighted by Crippen LogP contribution is -2.26. The minimum atomic E-state index is -0.895. The second kappa shape index (κ2) is 4.18. The third-order valence-electron chi connectivity index (χ3n) is 1.38. The standard InChI is InChI=1S/C7H8BrN3O2/c1-11(3-6(12)13)7-5(8)2-9-4-10-7/h2,4H,3H2,1H3,(H,12,13). The Balaban J connectivity index is 2.82. The normalized spacial score (nSPS) is 9.69. The van der Waals surface area contributed by atoms with Crippen molar-refractivity contribution in [2.45, 2.75) is 0 Å². The zero-order chi connectivity index (χ0) is 9.84. The number of likely N-dealkylation sites (N-methyl/N-ethyl adjacent to an activating group) is 1. The molecule has 13 heavy (non-hydrogen) atoms. The maximum absolute atomic E-state index is 10.4. The summed E-state index contributed by atoms with van der Waals surface area (Å²) < 4.78 is 0.679. The lowest BCUT2D eigenvalue weighted by Gasteiger charge is -2.15. The number of nitrogens with zero attached hydrogens (tertiary/aromatic N) is 3. The molecular formula is C7H8BrN3O2. The molecule has 1 N–H and O–H groups in total. The highest BCUT2D eigenvalue weighted by Crippen LogP contribution is 2.20. The van der Waals surface area contributed by atoms with E-state index in [0.29, 0.717) is 10.3 Å². The van der Waals surface area contributed by atoms with Crippen molar-refractivity contribution in [1.29, 1.82) is 0 Å². The largest absolute Gasteiger partial charge is 0.480 e. The van der Waals surface area contributed by atoms with Crippen LogP contribution in [0.2, 0.25) is 0 Å². The second-order valence-corrected chi connectivity index (χ2v) is 3.30. The van der Waals surface area contributed by atoms with Crippen LogP contribution >= 0.6 is 15.9 Å². The van der Waals surface area contributed by atoms with E-state index in [1.807, 2.05) is 0 Å². The van der Waals surface area contributed by atoms with E-state index in [2.05, 4.69) is 25.9 Å². The Morgan fingerprint density at radius 2 is 2.46 bits per heavy atom. The summed E-state index contributed by atoms with van der Waals surface area (Å²) in [7, 11) is 1.65.